The Kier molecular flexibility index (Phi) is 6.60. The lowest BCUT2D eigenvalue weighted by atomic mass is 10.0. The number of rotatable bonds is 6. The third-order valence-electron chi connectivity index (χ3n) is 4.26. The van der Waals surface area contributed by atoms with Crippen molar-refractivity contribution in [1.82, 2.24) is 0 Å². The first kappa shape index (κ1) is 20.8. The summed E-state index contributed by atoms with van der Waals surface area (Å²) < 4.78 is 10.3. The van der Waals surface area contributed by atoms with Gasteiger partial charge in [-0.1, -0.05) is 42.5 Å². The number of hydrogen-bond acceptors (Lipinski definition) is 5. The molecule has 0 aliphatic carbocycles. The van der Waals surface area contributed by atoms with E-state index in [1.165, 1.54) is 13.8 Å². The smallest absolute Gasteiger partial charge is 0.338 e. The lowest BCUT2D eigenvalue weighted by Gasteiger charge is -2.13. The number of hydrogen-bond donors (Lipinski definition) is 1. The minimum atomic E-state index is -0.939. The number of carbonyl (C=O) groups is 3. The van der Waals surface area contributed by atoms with Crippen LogP contribution in [-0.2, 0) is 14.3 Å². The van der Waals surface area contributed by atoms with E-state index in [1.807, 2.05) is 18.2 Å². The van der Waals surface area contributed by atoms with Crippen LogP contribution in [0.4, 0.5) is 5.69 Å². The average molecular weight is 403 g/mol. The molecule has 0 bridgehead atoms. The van der Waals surface area contributed by atoms with Crippen LogP contribution in [0.2, 0.25) is 0 Å². The minimum absolute atomic E-state index is 0.342. The molecule has 0 unspecified atom stereocenters. The molecule has 0 aliphatic heterocycles. The molecular formula is C24H21NO5. The van der Waals surface area contributed by atoms with Crippen molar-refractivity contribution in [2.45, 2.75) is 20.0 Å². The van der Waals surface area contributed by atoms with Gasteiger partial charge in [-0.2, -0.15) is 0 Å². The standard InChI is InChI=1S/C24H21NO5/c1-16(23(27)25-21-6-4-3-5-7-21)29-24(28)20-10-8-18(9-11-20)19-12-14-22(15-13-19)30-17(2)26/h3-16H,1-2H3,(H,25,27)/t16-/m1/s1. The molecule has 0 radical (unpaired) electrons. The van der Waals surface area contributed by atoms with Gasteiger partial charge in [-0.3, -0.25) is 9.59 Å². The van der Waals surface area contributed by atoms with Crippen LogP contribution < -0.4 is 10.1 Å². The number of esters is 2. The fourth-order valence-electron chi connectivity index (χ4n) is 2.73. The largest absolute Gasteiger partial charge is 0.449 e. The number of carbonyl (C=O) groups excluding carboxylic acids is 3. The van der Waals surface area contributed by atoms with Crippen LogP contribution in [0.3, 0.4) is 0 Å². The van der Waals surface area contributed by atoms with Crippen molar-refractivity contribution in [2.24, 2.45) is 0 Å². The summed E-state index contributed by atoms with van der Waals surface area (Å²) in [6.45, 7) is 2.87. The summed E-state index contributed by atoms with van der Waals surface area (Å²) >= 11 is 0. The quantitative estimate of drug-likeness (QED) is 0.485. The predicted molar refractivity (Wildman–Crippen MR) is 113 cm³/mol. The molecular weight excluding hydrogens is 382 g/mol. The van der Waals surface area contributed by atoms with Gasteiger partial charge in [0.1, 0.15) is 5.75 Å². The maximum absolute atomic E-state index is 12.4. The topological polar surface area (TPSA) is 81.7 Å². The maximum Gasteiger partial charge on any atom is 0.338 e. The second kappa shape index (κ2) is 9.52. The van der Waals surface area contributed by atoms with E-state index in [0.29, 0.717) is 17.0 Å². The van der Waals surface area contributed by atoms with Gasteiger partial charge in [-0.15, -0.1) is 0 Å². The van der Waals surface area contributed by atoms with Crippen LogP contribution in [0.15, 0.2) is 78.9 Å². The fraction of sp³-hybridized carbons (Fsp3) is 0.125. The molecule has 30 heavy (non-hydrogen) atoms. The number of nitrogens with one attached hydrogen (secondary N) is 1. The molecule has 1 amide bonds. The highest BCUT2D eigenvalue weighted by atomic mass is 16.5. The normalized spacial score (nSPS) is 11.3. The molecule has 0 fully saturated rings. The highest BCUT2D eigenvalue weighted by Crippen LogP contribution is 2.23. The molecule has 0 heterocycles. The summed E-state index contributed by atoms with van der Waals surface area (Å²) in [6.07, 6.45) is -0.939. The molecule has 3 rings (SSSR count). The first-order valence-electron chi connectivity index (χ1n) is 9.38. The zero-order valence-corrected chi connectivity index (χ0v) is 16.6. The molecule has 6 nitrogen and oxygen atoms in total. The second-order valence-electron chi connectivity index (χ2n) is 6.60. The SMILES string of the molecule is CC(=O)Oc1ccc(-c2ccc(C(=O)O[C@H](C)C(=O)Nc3ccccc3)cc2)cc1. The van der Waals surface area contributed by atoms with Gasteiger partial charge in [0.25, 0.3) is 5.91 Å². The van der Waals surface area contributed by atoms with Gasteiger partial charge in [-0.25, -0.2) is 4.79 Å². The van der Waals surface area contributed by atoms with Crippen LogP contribution in [0.1, 0.15) is 24.2 Å². The van der Waals surface area contributed by atoms with Gasteiger partial charge in [0, 0.05) is 12.6 Å². The third-order valence-corrected chi connectivity index (χ3v) is 4.26. The van der Waals surface area contributed by atoms with Crippen LogP contribution in [0.25, 0.3) is 11.1 Å². The number of ether oxygens (including phenoxy) is 2. The fourth-order valence-corrected chi connectivity index (χ4v) is 2.73. The number of amides is 1. The van der Waals surface area contributed by atoms with Crippen molar-refractivity contribution >= 4 is 23.5 Å². The number of anilines is 1. The Morgan fingerprint density at radius 2 is 1.37 bits per heavy atom. The van der Waals surface area contributed by atoms with E-state index < -0.39 is 18.0 Å². The molecule has 0 saturated heterocycles. The van der Waals surface area contributed by atoms with Crippen LogP contribution in [0.5, 0.6) is 5.75 Å². The summed E-state index contributed by atoms with van der Waals surface area (Å²) in [5.41, 5.74) is 2.77. The second-order valence-corrected chi connectivity index (χ2v) is 6.60. The molecule has 0 aromatic heterocycles. The van der Waals surface area contributed by atoms with Crippen molar-refractivity contribution in [3.05, 3.63) is 84.4 Å². The van der Waals surface area contributed by atoms with Crippen molar-refractivity contribution in [2.75, 3.05) is 5.32 Å². The van der Waals surface area contributed by atoms with E-state index in [1.54, 1.807) is 60.7 Å². The van der Waals surface area contributed by atoms with Crippen molar-refractivity contribution in [3.8, 4) is 16.9 Å². The molecule has 152 valence electrons. The van der Waals surface area contributed by atoms with Gasteiger partial charge in [0.15, 0.2) is 6.10 Å². The van der Waals surface area contributed by atoms with Gasteiger partial charge >= 0.3 is 11.9 Å². The Morgan fingerprint density at radius 1 is 0.800 bits per heavy atom. The van der Waals surface area contributed by atoms with E-state index >= 15 is 0 Å². The Bertz CT molecular complexity index is 1030. The van der Waals surface area contributed by atoms with Gasteiger partial charge < -0.3 is 14.8 Å². The zero-order valence-electron chi connectivity index (χ0n) is 16.6. The highest BCUT2D eigenvalue weighted by Gasteiger charge is 2.19. The Balaban J connectivity index is 1.60. The van der Waals surface area contributed by atoms with E-state index in [9.17, 15) is 14.4 Å². The summed E-state index contributed by atoms with van der Waals surface area (Å²) in [6, 6.07) is 22.8. The first-order valence-corrected chi connectivity index (χ1v) is 9.38. The molecule has 0 aliphatic rings. The van der Waals surface area contributed by atoms with E-state index in [-0.39, 0.29) is 5.97 Å². The van der Waals surface area contributed by atoms with E-state index in [0.717, 1.165) is 11.1 Å². The lowest BCUT2D eigenvalue weighted by Crippen LogP contribution is -2.29. The van der Waals surface area contributed by atoms with E-state index in [2.05, 4.69) is 5.32 Å². The Hall–Kier alpha value is -3.93. The lowest BCUT2D eigenvalue weighted by molar-refractivity contribution is -0.131. The zero-order chi connectivity index (χ0) is 21.5. The molecule has 3 aromatic rings. The summed E-state index contributed by atoms with van der Waals surface area (Å²) in [5, 5.41) is 2.70. The Labute approximate surface area is 174 Å². The Morgan fingerprint density at radius 3 is 1.93 bits per heavy atom. The molecule has 3 aromatic carbocycles. The first-order chi connectivity index (χ1) is 14.4. The van der Waals surface area contributed by atoms with Crippen molar-refractivity contribution in [3.63, 3.8) is 0 Å². The minimum Gasteiger partial charge on any atom is -0.449 e. The van der Waals surface area contributed by atoms with Crippen molar-refractivity contribution in [1.29, 1.82) is 0 Å². The summed E-state index contributed by atoms with van der Waals surface area (Å²) in [4.78, 5) is 35.5. The van der Waals surface area contributed by atoms with Crippen LogP contribution >= 0.6 is 0 Å². The van der Waals surface area contributed by atoms with Gasteiger partial charge in [0.2, 0.25) is 0 Å². The van der Waals surface area contributed by atoms with Gasteiger partial charge in [-0.05, 0) is 54.4 Å². The number of para-hydroxylation sites is 1. The van der Waals surface area contributed by atoms with Crippen LogP contribution in [-0.4, -0.2) is 23.9 Å². The monoisotopic (exact) mass is 403 g/mol. The molecule has 6 heteroatoms. The third kappa shape index (κ3) is 5.54. The molecule has 0 saturated carbocycles. The molecule has 1 atom stereocenters. The number of benzene rings is 3. The van der Waals surface area contributed by atoms with Gasteiger partial charge in [0.05, 0.1) is 5.56 Å². The summed E-state index contributed by atoms with van der Waals surface area (Å²) in [7, 11) is 0. The summed E-state index contributed by atoms with van der Waals surface area (Å²) in [5.74, 6) is -0.895. The molecule has 0 spiro atoms. The van der Waals surface area contributed by atoms with Crippen molar-refractivity contribution < 1.29 is 23.9 Å². The average Bonchev–Trinajstić information content (AvgIpc) is 2.74. The van der Waals surface area contributed by atoms with E-state index in [4.69, 9.17) is 9.47 Å². The predicted octanol–water partition coefficient (Wildman–Crippen LogP) is 4.46. The molecule has 1 N–H and O–H groups in total. The highest BCUT2D eigenvalue weighted by molar-refractivity contribution is 5.97. The van der Waals surface area contributed by atoms with Crippen LogP contribution in [0, 0.1) is 0 Å². The maximum atomic E-state index is 12.4.